The van der Waals surface area contributed by atoms with Crippen LogP contribution in [0.2, 0.25) is 0 Å². The number of nitrogens with zero attached hydrogens (tertiary/aromatic N) is 1. The number of hydrogen-bond donors (Lipinski definition) is 4. The number of nitrogens with one attached hydrogen (secondary N) is 1. The number of nitrogen functional groups attached to an aromatic ring is 1. The van der Waals surface area contributed by atoms with Crippen LogP contribution in [-0.4, -0.2) is 73.3 Å². The van der Waals surface area contributed by atoms with Crippen molar-refractivity contribution in [1.29, 1.82) is 0 Å². The number of amides is 1. The molecule has 0 bridgehead atoms. The molecule has 11 heteroatoms. The predicted molar refractivity (Wildman–Crippen MR) is 142 cm³/mol. The maximum atomic E-state index is 14.1. The van der Waals surface area contributed by atoms with E-state index >= 15 is 0 Å². The highest BCUT2D eigenvalue weighted by atomic mass is 32.2. The summed E-state index contributed by atoms with van der Waals surface area (Å²) in [6.07, 6.45) is -2.31. The van der Waals surface area contributed by atoms with Crippen LogP contribution in [0.3, 0.4) is 0 Å². The quantitative estimate of drug-likeness (QED) is 0.313. The molecule has 0 saturated carbocycles. The van der Waals surface area contributed by atoms with Gasteiger partial charge in [-0.3, -0.25) is 0 Å². The monoisotopic (exact) mass is 547 g/mol. The van der Waals surface area contributed by atoms with E-state index in [2.05, 4.69) is 5.32 Å². The lowest BCUT2D eigenvalue weighted by Gasteiger charge is -2.42. The van der Waals surface area contributed by atoms with Crippen LogP contribution in [0, 0.1) is 17.8 Å². The van der Waals surface area contributed by atoms with E-state index in [4.69, 9.17) is 15.2 Å². The van der Waals surface area contributed by atoms with Gasteiger partial charge in [-0.2, -0.15) is 4.31 Å². The van der Waals surface area contributed by atoms with Crippen LogP contribution in [0.15, 0.2) is 59.5 Å². The third kappa shape index (κ3) is 6.29. The van der Waals surface area contributed by atoms with E-state index in [0.717, 1.165) is 5.56 Å². The highest BCUT2D eigenvalue weighted by Gasteiger charge is 2.52. The molecule has 0 spiro atoms. The summed E-state index contributed by atoms with van der Waals surface area (Å²) in [5.41, 5.74) is 7.05. The first kappa shape index (κ1) is 28.3. The Morgan fingerprint density at radius 2 is 1.82 bits per heavy atom. The van der Waals surface area contributed by atoms with Crippen molar-refractivity contribution in [2.45, 2.75) is 56.1 Å². The highest BCUT2D eigenvalue weighted by molar-refractivity contribution is 7.89. The fourth-order valence-corrected chi connectivity index (χ4v) is 7.37. The molecule has 208 valence electrons. The average molecular weight is 548 g/mol. The fraction of sp³-hybridized carbons (Fsp3) is 0.519. The minimum absolute atomic E-state index is 0.0495. The first-order valence-electron chi connectivity index (χ1n) is 12.9. The van der Waals surface area contributed by atoms with Gasteiger partial charge in [-0.25, -0.2) is 13.2 Å². The van der Waals surface area contributed by atoms with E-state index in [1.807, 2.05) is 44.2 Å². The number of ether oxygens (including phenoxy) is 2. The summed E-state index contributed by atoms with van der Waals surface area (Å²) in [4.78, 5) is 11.9. The van der Waals surface area contributed by atoms with Crippen LogP contribution in [0.4, 0.5) is 10.5 Å². The molecule has 2 aromatic carbocycles. The lowest BCUT2D eigenvalue weighted by atomic mass is 9.81. The van der Waals surface area contributed by atoms with Crippen molar-refractivity contribution in [2.24, 2.45) is 17.8 Å². The number of benzene rings is 2. The molecule has 38 heavy (non-hydrogen) atoms. The second-order valence-corrected chi connectivity index (χ2v) is 12.3. The summed E-state index contributed by atoms with van der Waals surface area (Å²) in [5.74, 6) is -0.618. The Morgan fingerprint density at radius 1 is 1.13 bits per heavy atom. The molecule has 2 aliphatic heterocycles. The Hall–Kier alpha value is -2.70. The Balaban J connectivity index is 1.79. The maximum Gasteiger partial charge on any atom is 0.404 e. The maximum absolute atomic E-state index is 14.1. The van der Waals surface area contributed by atoms with Gasteiger partial charge in [0.2, 0.25) is 10.0 Å². The fourth-order valence-electron chi connectivity index (χ4n) is 5.52. The molecule has 0 aromatic heterocycles. The smallest absolute Gasteiger partial charge is 0.404 e. The van der Waals surface area contributed by atoms with Gasteiger partial charge < -0.3 is 30.7 Å². The Kier molecular flexibility index (Phi) is 8.94. The number of anilines is 1. The topological polar surface area (TPSA) is 151 Å². The normalized spacial score (nSPS) is 23.8. The van der Waals surface area contributed by atoms with Crippen LogP contribution in [0.5, 0.6) is 0 Å². The molecule has 1 amide bonds. The van der Waals surface area contributed by atoms with Crippen molar-refractivity contribution in [3.05, 3.63) is 60.2 Å². The number of aliphatic hydroxyl groups excluding tert-OH is 1. The van der Waals surface area contributed by atoms with Crippen LogP contribution in [0.25, 0.3) is 0 Å². The Bertz CT molecular complexity index is 1180. The number of hydrogen-bond acceptors (Lipinski definition) is 7. The van der Waals surface area contributed by atoms with Crippen molar-refractivity contribution in [2.75, 3.05) is 25.5 Å². The third-order valence-electron chi connectivity index (χ3n) is 7.26. The van der Waals surface area contributed by atoms with Crippen molar-refractivity contribution in [1.82, 2.24) is 9.62 Å². The predicted octanol–water partition coefficient (Wildman–Crippen LogP) is 2.53. The van der Waals surface area contributed by atoms with E-state index < -0.39 is 46.5 Å². The Labute approximate surface area is 223 Å². The molecule has 2 fully saturated rings. The number of aliphatic hydroxyl groups is 1. The molecular weight excluding hydrogens is 510 g/mol. The van der Waals surface area contributed by atoms with Gasteiger partial charge in [0.1, 0.15) is 0 Å². The molecule has 2 aliphatic rings. The minimum atomic E-state index is -4.11. The molecule has 0 radical (unpaired) electrons. The summed E-state index contributed by atoms with van der Waals surface area (Å²) in [7, 11) is -4.11. The van der Waals surface area contributed by atoms with E-state index in [-0.39, 0.29) is 36.3 Å². The molecule has 10 nitrogen and oxygen atoms in total. The lowest BCUT2D eigenvalue weighted by molar-refractivity contribution is -0.0907. The van der Waals surface area contributed by atoms with Gasteiger partial charge in [0.25, 0.3) is 0 Å². The highest BCUT2D eigenvalue weighted by Crippen LogP contribution is 2.41. The van der Waals surface area contributed by atoms with Crippen LogP contribution >= 0.6 is 0 Å². The van der Waals surface area contributed by atoms with E-state index in [9.17, 15) is 23.4 Å². The van der Waals surface area contributed by atoms with Gasteiger partial charge in [-0.1, -0.05) is 44.2 Å². The molecule has 5 N–H and O–H groups in total. The van der Waals surface area contributed by atoms with Crippen molar-refractivity contribution in [3.8, 4) is 0 Å². The summed E-state index contributed by atoms with van der Waals surface area (Å²) >= 11 is 0. The number of sulfonamides is 1. The Morgan fingerprint density at radius 3 is 2.45 bits per heavy atom. The number of nitrogens with two attached hydrogens (primary N) is 1. The first-order valence-corrected chi connectivity index (χ1v) is 14.3. The van der Waals surface area contributed by atoms with Crippen molar-refractivity contribution < 1.29 is 32.9 Å². The third-order valence-corrected chi connectivity index (χ3v) is 9.14. The molecule has 2 saturated heterocycles. The van der Waals surface area contributed by atoms with Gasteiger partial charge in [-0.05, 0) is 48.6 Å². The van der Waals surface area contributed by atoms with Gasteiger partial charge in [0.05, 0.1) is 36.3 Å². The number of rotatable bonds is 11. The van der Waals surface area contributed by atoms with Gasteiger partial charge in [0.15, 0.2) is 6.29 Å². The molecule has 0 aliphatic carbocycles. The van der Waals surface area contributed by atoms with E-state index in [0.29, 0.717) is 18.7 Å². The largest absolute Gasteiger partial charge is 0.465 e. The van der Waals surface area contributed by atoms with Crippen LogP contribution < -0.4 is 11.1 Å². The first-order chi connectivity index (χ1) is 18.1. The van der Waals surface area contributed by atoms with Crippen LogP contribution in [0.1, 0.15) is 25.8 Å². The molecule has 2 heterocycles. The van der Waals surface area contributed by atoms with E-state index in [1.165, 1.54) is 28.6 Å². The molecule has 4 rings (SSSR count). The summed E-state index contributed by atoms with van der Waals surface area (Å²) in [6, 6.07) is 13.2. The molecular formula is C27H37N3O7S. The van der Waals surface area contributed by atoms with Crippen molar-refractivity contribution in [3.63, 3.8) is 0 Å². The van der Waals surface area contributed by atoms with Gasteiger partial charge in [0, 0.05) is 24.1 Å². The molecule has 1 unspecified atom stereocenters. The van der Waals surface area contributed by atoms with Gasteiger partial charge >= 0.3 is 6.09 Å². The van der Waals surface area contributed by atoms with Crippen LogP contribution in [-0.2, 0) is 25.9 Å². The second-order valence-electron chi connectivity index (χ2n) is 10.5. The average Bonchev–Trinajstić information content (AvgIpc) is 3.48. The molecule has 2 aromatic rings. The standard InChI is InChI=1S/C27H37N3O7S/c1-17(2)15-30(38(34,35)20-10-8-19(28)9-11-20)24(22-16-37-26-21(22)12-13-36-26)25(31)23(29-27(32)33)14-18-6-4-3-5-7-18/h3-11,17,21-26,29,31H,12-16,28H2,1-2H3,(H,32,33)/t21-,22+,23-,24?,25+,26+/m0/s1. The number of carboxylic acid groups (broad SMARTS) is 1. The number of carbonyl (C=O) groups is 1. The zero-order valence-corrected chi connectivity index (χ0v) is 22.5. The minimum Gasteiger partial charge on any atom is -0.465 e. The summed E-state index contributed by atoms with van der Waals surface area (Å²) < 4.78 is 41.2. The summed E-state index contributed by atoms with van der Waals surface area (Å²) in [5, 5.41) is 24.0. The molecule has 6 atom stereocenters. The SMILES string of the molecule is CC(C)CN(C([C@H](O)[C@H](Cc1ccccc1)NC(=O)O)[C@@H]1CO[C@H]2OCC[C@H]21)S(=O)(=O)c1ccc(N)cc1. The lowest BCUT2D eigenvalue weighted by Crippen LogP contribution is -2.60. The summed E-state index contributed by atoms with van der Waals surface area (Å²) in [6.45, 7) is 4.59. The zero-order chi connectivity index (χ0) is 27.4. The van der Waals surface area contributed by atoms with E-state index in [1.54, 1.807) is 0 Å². The second kappa shape index (κ2) is 12.0. The van der Waals surface area contributed by atoms with Gasteiger partial charge in [-0.15, -0.1) is 0 Å². The zero-order valence-electron chi connectivity index (χ0n) is 21.6. The van der Waals surface area contributed by atoms with Crippen molar-refractivity contribution >= 4 is 21.8 Å². The number of fused-ring (bicyclic) bond motifs is 1.